The van der Waals surface area contributed by atoms with E-state index >= 15 is 0 Å². The van der Waals surface area contributed by atoms with Crippen LogP contribution in [0.2, 0.25) is 0 Å². The number of anilines is 1. The second kappa shape index (κ2) is 8.10. The number of amides is 1. The number of nitrogens with zero attached hydrogens (tertiary/aromatic N) is 1. The standard InChI is InChI=1S/C24H23N3O4/c1-24(2,3)31-23(29)20-12-11-19(30-20)16-9-10-18-17(14-16)22(27-26-18)25-21(28)13-15-7-5-4-6-8-15/h4-12,14H,13H2,1-3H3,(H2,25,26,27,28). The van der Waals surface area contributed by atoms with Gasteiger partial charge in [-0.2, -0.15) is 5.10 Å². The quantitative estimate of drug-likeness (QED) is 0.447. The molecule has 0 fully saturated rings. The predicted octanol–water partition coefficient (Wildman–Crippen LogP) is 4.96. The van der Waals surface area contributed by atoms with Gasteiger partial charge >= 0.3 is 5.97 Å². The minimum absolute atomic E-state index is 0.133. The van der Waals surface area contributed by atoms with Crippen LogP contribution in [-0.2, 0) is 16.0 Å². The highest BCUT2D eigenvalue weighted by atomic mass is 16.6. The molecule has 4 aromatic rings. The van der Waals surface area contributed by atoms with Crippen molar-refractivity contribution in [3.05, 3.63) is 72.0 Å². The highest BCUT2D eigenvalue weighted by Gasteiger charge is 2.21. The Morgan fingerprint density at radius 2 is 1.84 bits per heavy atom. The second-order valence-electron chi connectivity index (χ2n) is 8.21. The summed E-state index contributed by atoms with van der Waals surface area (Å²) in [5.41, 5.74) is 1.85. The molecule has 0 saturated heterocycles. The fourth-order valence-corrected chi connectivity index (χ4v) is 3.15. The maximum Gasteiger partial charge on any atom is 0.374 e. The first-order valence-corrected chi connectivity index (χ1v) is 9.94. The summed E-state index contributed by atoms with van der Waals surface area (Å²) < 4.78 is 11.1. The SMILES string of the molecule is CC(C)(C)OC(=O)c1ccc(-c2ccc3[nH]nc(NC(=O)Cc4ccccc4)c3c2)o1. The summed E-state index contributed by atoms with van der Waals surface area (Å²) in [5, 5.41) is 10.7. The molecule has 2 N–H and O–H groups in total. The molecule has 4 rings (SSSR count). The molecule has 31 heavy (non-hydrogen) atoms. The van der Waals surface area contributed by atoms with E-state index in [1.807, 2.05) is 48.5 Å². The third-order valence-corrected chi connectivity index (χ3v) is 4.52. The molecule has 158 valence electrons. The van der Waals surface area contributed by atoms with Gasteiger partial charge in [0.2, 0.25) is 11.7 Å². The smallest absolute Gasteiger partial charge is 0.374 e. The van der Waals surface area contributed by atoms with Gasteiger partial charge in [0.05, 0.1) is 11.9 Å². The van der Waals surface area contributed by atoms with E-state index in [1.54, 1.807) is 32.9 Å². The van der Waals surface area contributed by atoms with Crippen LogP contribution in [0.3, 0.4) is 0 Å². The molecule has 2 heterocycles. The summed E-state index contributed by atoms with van der Waals surface area (Å²) in [4.78, 5) is 24.7. The van der Waals surface area contributed by atoms with Gasteiger partial charge < -0.3 is 14.5 Å². The number of fused-ring (bicyclic) bond motifs is 1. The Kier molecular flexibility index (Phi) is 5.33. The van der Waals surface area contributed by atoms with Gasteiger partial charge in [-0.25, -0.2) is 4.79 Å². The van der Waals surface area contributed by atoms with E-state index in [1.165, 1.54) is 0 Å². The molecule has 0 aliphatic heterocycles. The fraction of sp³-hybridized carbons (Fsp3) is 0.208. The van der Waals surface area contributed by atoms with E-state index in [9.17, 15) is 9.59 Å². The zero-order valence-electron chi connectivity index (χ0n) is 17.6. The molecule has 0 aliphatic carbocycles. The van der Waals surface area contributed by atoms with Crippen molar-refractivity contribution >= 4 is 28.6 Å². The van der Waals surface area contributed by atoms with Crippen molar-refractivity contribution < 1.29 is 18.7 Å². The number of hydrogen-bond donors (Lipinski definition) is 2. The van der Waals surface area contributed by atoms with Crippen LogP contribution < -0.4 is 5.32 Å². The topological polar surface area (TPSA) is 97.2 Å². The number of esters is 1. The van der Waals surface area contributed by atoms with Gasteiger partial charge in [0.1, 0.15) is 11.4 Å². The van der Waals surface area contributed by atoms with Crippen LogP contribution >= 0.6 is 0 Å². The number of ether oxygens (including phenoxy) is 1. The number of H-pyrrole nitrogens is 1. The number of benzene rings is 2. The lowest BCUT2D eigenvalue weighted by Gasteiger charge is -2.18. The van der Waals surface area contributed by atoms with Gasteiger partial charge in [0.15, 0.2) is 5.82 Å². The summed E-state index contributed by atoms with van der Waals surface area (Å²) in [6, 6.07) is 18.4. The van der Waals surface area contributed by atoms with Crippen LogP contribution in [0.1, 0.15) is 36.9 Å². The summed E-state index contributed by atoms with van der Waals surface area (Å²) >= 11 is 0. The molecule has 7 heteroatoms. The van der Waals surface area contributed by atoms with Crippen LogP contribution in [0.4, 0.5) is 5.82 Å². The third-order valence-electron chi connectivity index (χ3n) is 4.52. The van der Waals surface area contributed by atoms with Gasteiger partial charge in [-0.3, -0.25) is 9.89 Å². The third kappa shape index (κ3) is 4.83. The number of carbonyl (C=O) groups excluding carboxylic acids is 2. The van der Waals surface area contributed by atoms with Crippen molar-refractivity contribution in [1.82, 2.24) is 10.2 Å². The van der Waals surface area contributed by atoms with E-state index in [0.717, 1.165) is 22.0 Å². The summed E-state index contributed by atoms with van der Waals surface area (Å²) in [5.74, 6) is 0.419. The largest absolute Gasteiger partial charge is 0.454 e. The Morgan fingerprint density at radius 1 is 1.06 bits per heavy atom. The molecule has 0 unspecified atom stereocenters. The van der Waals surface area contributed by atoms with Crippen molar-refractivity contribution in [2.24, 2.45) is 0 Å². The predicted molar refractivity (Wildman–Crippen MR) is 118 cm³/mol. The zero-order valence-corrected chi connectivity index (χ0v) is 17.6. The Hall–Kier alpha value is -3.87. The molecule has 2 aromatic carbocycles. The lowest BCUT2D eigenvalue weighted by molar-refractivity contribution is -0.115. The van der Waals surface area contributed by atoms with Gasteiger partial charge in [-0.05, 0) is 56.7 Å². The van der Waals surface area contributed by atoms with Crippen LogP contribution in [-0.4, -0.2) is 27.7 Å². The lowest BCUT2D eigenvalue weighted by atomic mass is 10.1. The Balaban J connectivity index is 1.55. The fourth-order valence-electron chi connectivity index (χ4n) is 3.15. The average Bonchev–Trinajstić information content (AvgIpc) is 3.35. The first-order chi connectivity index (χ1) is 14.8. The van der Waals surface area contributed by atoms with Gasteiger partial charge in [-0.15, -0.1) is 0 Å². The van der Waals surface area contributed by atoms with Crippen LogP contribution in [0.15, 0.2) is 65.1 Å². The van der Waals surface area contributed by atoms with Gasteiger partial charge in [0.25, 0.3) is 0 Å². The molecule has 2 aromatic heterocycles. The maximum absolute atomic E-state index is 12.4. The molecule has 0 atom stereocenters. The molecule has 0 radical (unpaired) electrons. The first-order valence-electron chi connectivity index (χ1n) is 9.94. The number of aromatic amines is 1. The number of furan rings is 1. The Labute approximate surface area is 179 Å². The van der Waals surface area contributed by atoms with E-state index in [0.29, 0.717) is 11.6 Å². The number of aromatic nitrogens is 2. The van der Waals surface area contributed by atoms with Crippen LogP contribution in [0.25, 0.3) is 22.2 Å². The minimum atomic E-state index is -0.605. The lowest BCUT2D eigenvalue weighted by Crippen LogP contribution is -2.23. The van der Waals surface area contributed by atoms with E-state index in [4.69, 9.17) is 9.15 Å². The summed E-state index contributed by atoms with van der Waals surface area (Å²) in [6.45, 7) is 5.40. The second-order valence-corrected chi connectivity index (χ2v) is 8.21. The monoisotopic (exact) mass is 417 g/mol. The highest BCUT2D eigenvalue weighted by Crippen LogP contribution is 2.29. The number of rotatable bonds is 5. The molecule has 7 nitrogen and oxygen atoms in total. The van der Waals surface area contributed by atoms with Crippen LogP contribution in [0, 0.1) is 0 Å². The average molecular weight is 417 g/mol. The number of nitrogens with one attached hydrogen (secondary N) is 2. The Morgan fingerprint density at radius 3 is 2.58 bits per heavy atom. The zero-order chi connectivity index (χ0) is 22.0. The van der Waals surface area contributed by atoms with Crippen molar-refractivity contribution in [3.8, 4) is 11.3 Å². The molecular weight excluding hydrogens is 394 g/mol. The summed E-state index contributed by atoms with van der Waals surface area (Å²) in [6.07, 6.45) is 0.256. The highest BCUT2D eigenvalue weighted by molar-refractivity contribution is 6.01. The molecule has 0 saturated carbocycles. The molecular formula is C24H23N3O4. The van der Waals surface area contributed by atoms with Gasteiger partial charge in [-0.1, -0.05) is 30.3 Å². The van der Waals surface area contributed by atoms with E-state index in [-0.39, 0.29) is 18.1 Å². The normalized spacial score (nSPS) is 11.5. The van der Waals surface area contributed by atoms with Crippen molar-refractivity contribution in [3.63, 3.8) is 0 Å². The maximum atomic E-state index is 12.4. The van der Waals surface area contributed by atoms with Crippen molar-refractivity contribution in [2.45, 2.75) is 32.8 Å². The first kappa shape index (κ1) is 20.4. The van der Waals surface area contributed by atoms with Crippen molar-refractivity contribution in [2.75, 3.05) is 5.32 Å². The summed E-state index contributed by atoms with van der Waals surface area (Å²) in [7, 11) is 0. The van der Waals surface area contributed by atoms with Crippen LogP contribution in [0.5, 0.6) is 0 Å². The van der Waals surface area contributed by atoms with E-state index in [2.05, 4.69) is 15.5 Å². The molecule has 0 spiro atoms. The molecule has 0 aliphatic rings. The molecule has 1 amide bonds. The number of carbonyl (C=O) groups is 2. The van der Waals surface area contributed by atoms with Crippen molar-refractivity contribution in [1.29, 1.82) is 0 Å². The van der Waals surface area contributed by atoms with E-state index < -0.39 is 11.6 Å². The Bertz CT molecular complexity index is 1230. The molecule has 0 bridgehead atoms. The minimum Gasteiger partial charge on any atom is -0.454 e. The number of hydrogen-bond acceptors (Lipinski definition) is 5. The van der Waals surface area contributed by atoms with Gasteiger partial charge in [0, 0.05) is 10.9 Å².